The van der Waals surface area contributed by atoms with Crippen LogP contribution in [-0.4, -0.2) is 16.2 Å². The fourth-order valence-corrected chi connectivity index (χ4v) is 2.10. The Bertz CT molecular complexity index is 498. The number of phenols is 1. The zero-order chi connectivity index (χ0) is 12.6. The molecule has 90 valence electrons. The number of aliphatic hydroxyl groups is 1. The van der Waals surface area contributed by atoms with E-state index in [-0.39, 0.29) is 17.4 Å². The van der Waals surface area contributed by atoms with Gasteiger partial charge in [0.1, 0.15) is 11.4 Å². The molecule has 6 heteroatoms. The van der Waals surface area contributed by atoms with Crippen LogP contribution in [0.15, 0.2) is 22.4 Å². The van der Waals surface area contributed by atoms with E-state index in [1.54, 1.807) is 12.1 Å². The van der Waals surface area contributed by atoms with E-state index < -0.39 is 12.1 Å². The maximum absolute atomic E-state index is 9.82. The molecule has 1 aliphatic rings. The molecule has 0 radical (unpaired) electrons. The van der Waals surface area contributed by atoms with Gasteiger partial charge in [-0.15, -0.1) is 10.2 Å². The largest absolute Gasteiger partial charge is 0.506 e. The summed E-state index contributed by atoms with van der Waals surface area (Å²) in [6.07, 6.45) is 0.106. The summed E-state index contributed by atoms with van der Waals surface area (Å²) in [7, 11) is 0. The van der Waals surface area contributed by atoms with Crippen LogP contribution in [0, 0.1) is 5.41 Å². The Balaban J connectivity index is 2.44. The highest BCUT2D eigenvalue weighted by Gasteiger charge is 2.28. The first-order valence-corrected chi connectivity index (χ1v) is 5.29. The monoisotopic (exact) mass is 234 g/mol. The molecule has 1 aromatic carbocycles. The topological polar surface area (TPSA) is 115 Å². The fraction of sp³-hybridized carbons (Fsp3) is 0.364. The minimum atomic E-state index is -0.535. The molecule has 17 heavy (non-hydrogen) atoms. The van der Waals surface area contributed by atoms with Crippen molar-refractivity contribution in [2.75, 3.05) is 0 Å². The van der Waals surface area contributed by atoms with E-state index in [0.717, 1.165) is 11.1 Å². The van der Waals surface area contributed by atoms with Crippen molar-refractivity contribution < 1.29 is 10.2 Å². The molecule has 0 bridgehead atoms. The van der Waals surface area contributed by atoms with Gasteiger partial charge in [0, 0.05) is 0 Å². The first-order valence-electron chi connectivity index (χ1n) is 5.29. The maximum atomic E-state index is 9.82. The van der Waals surface area contributed by atoms with Gasteiger partial charge in [-0.05, 0) is 35.6 Å². The Morgan fingerprint density at radius 2 is 2.18 bits per heavy atom. The van der Waals surface area contributed by atoms with Crippen molar-refractivity contribution in [3.8, 4) is 5.75 Å². The minimum absolute atomic E-state index is 0.0188. The highest BCUT2D eigenvalue weighted by molar-refractivity contribution is 5.75. The van der Waals surface area contributed by atoms with Gasteiger partial charge in [0.2, 0.25) is 5.96 Å². The number of nitrogens with zero attached hydrogens (tertiary/aromatic N) is 2. The third-order valence-electron chi connectivity index (χ3n) is 2.91. The zero-order valence-electron chi connectivity index (χ0n) is 9.38. The number of hydrogen-bond acceptors (Lipinski definition) is 4. The lowest BCUT2D eigenvalue weighted by molar-refractivity contribution is 0.174. The molecule has 1 aliphatic carbocycles. The molecular weight excluding hydrogens is 220 g/mol. The number of rotatable bonds is 1. The van der Waals surface area contributed by atoms with Gasteiger partial charge in [-0.1, -0.05) is 6.92 Å². The van der Waals surface area contributed by atoms with E-state index in [2.05, 4.69) is 10.2 Å². The third kappa shape index (κ3) is 2.12. The molecule has 0 amide bonds. The van der Waals surface area contributed by atoms with E-state index in [1.165, 1.54) is 0 Å². The highest BCUT2D eigenvalue weighted by atomic mass is 16.3. The van der Waals surface area contributed by atoms with Crippen molar-refractivity contribution >= 4 is 11.6 Å². The van der Waals surface area contributed by atoms with Gasteiger partial charge < -0.3 is 15.9 Å². The summed E-state index contributed by atoms with van der Waals surface area (Å²) in [4.78, 5) is 0. The van der Waals surface area contributed by atoms with Crippen molar-refractivity contribution in [3.63, 3.8) is 0 Å². The number of aromatic hydroxyl groups is 1. The maximum Gasteiger partial charge on any atom is 0.232 e. The van der Waals surface area contributed by atoms with Crippen LogP contribution in [0.5, 0.6) is 5.75 Å². The second-order valence-electron chi connectivity index (χ2n) is 4.21. The summed E-state index contributed by atoms with van der Waals surface area (Å²) in [6, 6.07) is 3.18. The van der Waals surface area contributed by atoms with Crippen LogP contribution in [0.4, 0.5) is 5.69 Å². The predicted octanol–water partition coefficient (Wildman–Crippen LogP) is 1.91. The standard InChI is InChI=1S/C11H14N4O2/c1-5-2-9(16)7-3-8(14-15-11(12)13)10(17)4-6(5)7/h3-5,9,16-17H,2H2,1H3,(H3,12,13)/t5-,9+/m0/s1. The SMILES string of the molecule is C[C@H]1C[C@@H](O)c2cc(N=NC(=N)N)c(O)cc21. The Hall–Kier alpha value is -1.95. The second kappa shape index (κ2) is 4.14. The molecule has 0 fully saturated rings. The number of phenolic OH excluding ortho intramolecular Hbond substituents is 1. The van der Waals surface area contributed by atoms with Crippen molar-refractivity contribution in [3.05, 3.63) is 23.3 Å². The minimum Gasteiger partial charge on any atom is -0.506 e. The summed E-state index contributed by atoms with van der Waals surface area (Å²) >= 11 is 0. The first-order chi connectivity index (χ1) is 7.99. The molecule has 0 aliphatic heterocycles. The summed E-state index contributed by atoms with van der Waals surface area (Å²) in [5, 5.41) is 33.5. The van der Waals surface area contributed by atoms with Gasteiger partial charge in [-0.3, -0.25) is 5.41 Å². The number of guanidine groups is 1. The van der Waals surface area contributed by atoms with Crippen LogP contribution in [0.25, 0.3) is 0 Å². The fourth-order valence-electron chi connectivity index (χ4n) is 2.10. The van der Waals surface area contributed by atoms with Crippen molar-refractivity contribution in [2.45, 2.75) is 25.4 Å². The molecule has 0 unspecified atom stereocenters. The van der Waals surface area contributed by atoms with Gasteiger partial charge in [-0.2, -0.15) is 0 Å². The molecule has 2 rings (SSSR count). The zero-order valence-corrected chi connectivity index (χ0v) is 9.38. The number of nitrogens with two attached hydrogens (primary N) is 1. The van der Waals surface area contributed by atoms with Gasteiger partial charge in [0.05, 0.1) is 6.10 Å². The third-order valence-corrected chi connectivity index (χ3v) is 2.91. The Morgan fingerprint density at radius 3 is 2.82 bits per heavy atom. The van der Waals surface area contributed by atoms with Crippen LogP contribution in [0.3, 0.4) is 0 Å². The number of hydrogen-bond donors (Lipinski definition) is 4. The molecule has 1 aromatic rings. The van der Waals surface area contributed by atoms with Gasteiger partial charge in [-0.25, -0.2) is 0 Å². The van der Waals surface area contributed by atoms with Gasteiger partial charge in [0.25, 0.3) is 0 Å². The predicted molar refractivity (Wildman–Crippen MR) is 62.5 cm³/mol. The highest BCUT2D eigenvalue weighted by Crippen LogP contribution is 2.44. The quantitative estimate of drug-likeness (QED) is 0.338. The average molecular weight is 234 g/mol. The van der Waals surface area contributed by atoms with E-state index in [4.69, 9.17) is 11.1 Å². The van der Waals surface area contributed by atoms with E-state index in [1.807, 2.05) is 6.92 Å². The lowest BCUT2D eigenvalue weighted by Gasteiger charge is -2.07. The lowest BCUT2D eigenvalue weighted by Crippen LogP contribution is -2.03. The van der Waals surface area contributed by atoms with Crippen molar-refractivity contribution in [1.82, 2.24) is 0 Å². The molecule has 0 saturated heterocycles. The molecule has 0 saturated carbocycles. The van der Waals surface area contributed by atoms with Crippen LogP contribution in [-0.2, 0) is 0 Å². The summed E-state index contributed by atoms with van der Waals surface area (Å²) in [6.45, 7) is 1.99. The van der Waals surface area contributed by atoms with E-state index in [0.29, 0.717) is 6.42 Å². The number of benzene rings is 1. The Labute approximate surface area is 98.3 Å². The molecule has 0 aromatic heterocycles. The Morgan fingerprint density at radius 1 is 1.47 bits per heavy atom. The van der Waals surface area contributed by atoms with Gasteiger partial charge in [0.15, 0.2) is 0 Å². The molecule has 0 heterocycles. The average Bonchev–Trinajstić information content (AvgIpc) is 2.51. The number of aliphatic hydroxyl groups excluding tert-OH is 1. The lowest BCUT2D eigenvalue weighted by atomic mass is 10.0. The smallest absolute Gasteiger partial charge is 0.232 e. The van der Waals surface area contributed by atoms with Crippen molar-refractivity contribution in [1.29, 1.82) is 5.41 Å². The molecular formula is C11H14N4O2. The van der Waals surface area contributed by atoms with Crippen LogP contribution < -0.4 is 5.73 Å². The van der Waals surface area contributed by atoms with Crippen LogP contribution in [0.1, 0.15) is 36.5 Å². The summed E-state index contributed by atoms with van der Waals surface area (Å²) in [5.41, 5.74) is 6.94. The van der Waals surface area contributed by atoms with E-state index >= 15 is 0 Å². The van der Waals surface area contributed by atoms with Crippen LogP contribution in [0.2, 0.25) is 0 Å². The first kappa shape index (κ1) is 11.5. The summed E-state index contributed by atoms with van der Waals surface area (Å²) < 4.78 is 0. The van der Waals surface area contributed by atoms with Crippen LogP contribution >= 0.6 is 0 Å². The molecule has 5 N–H and O–H groups in total. The number of azo groups is 1. The van der Waals surface area contributed by atoms with E-state index in [9.17, 15) is 10.2 Å². The summed E-state index contributed by atoms with van der Waals surface area (Å²) in [5.74, 6) is -0.238. The molecule has 6 nitrogen and oxygen atoms in total. The second-order valence-corrected chi connectivity index (χ2v) is 4.21. The Kier molecular flexibility index (Phi) is 2.81. The normalized spacial score (nSPS) is 22.9. The van der Waals surface area contributed by atoms with Gasteiger partial charge >= 0.3 is 0 Å². The van der Waals surface area contributed by atoms with Crippen molar-refractivity contribution in [2.24, 2.45) is 16.0 Å². The number of nitrogens with one attached hydrogen (secondary N) is 1. The molecule has 0 spiro atoms. The molecule has 2 atom stereocenters. The number of fused-ring (bicyclic) bond motifs is 1.